The maximum atomic E-state index is 15.6. The summed E-state index contributed by atoms with van der Waals surface area (Å²) in [5.74, 6) is 0. The fourth-order valence-corrected chi connectivity index (χ4v) is 13.6. The summed E-state index contributed by atoms with van der Waals surface area (Å²) >= 11 is 0. The number of allylic oxidation sites excluding steroid dienone is 4. The normalized spacial score (nSPS) is 19.9. The molecule has 0 aromatic heterocycles. The third-order valence-corrected chi connectivity index (χ3v) is 15.7. The zero-order valence-corrected chi connectivity index (χ0v) is 24.6. The second kappa shape index (κ2) is 11.7. The third-order valence-electron chi connectivity index (χ3n) is 8.58. The fraction of sp³-hybridized carbons (Fsp3) is 0.222. The summed E-state index contributed by atoms with van der Waals surface area (Å²) in [6.07, 6.45) is 10.3. The Morgan fingerprint density at radius 2 is 0.700 bits per heavy atom. The largest absolute Gasteiger partial charge is 0.313 e. The predicted molar refractivity (Wildman–Crippen MR) is 171 cm³/mol. The maximum Gasteiger partial charge on any atom is 0.150 e. The molecule has 2 aliphatic rings. The molecule has 0 fully saturated rings. The van der Waals surface area contributed by atoms with E-state index in [9.17, 15) is 0 Å². The van der Waals surface area contributed by atoms with Gasteiger partial charge in [0.15, 0.2) is 0 Å². The van der Waals surface area contributed by atoms with Gasteiger partial charge in [0.05, 0.1) is 0 Å². The molecule has 0 saturated heterocycles. The van der Waals surface area contributed by atoms with Gasteiger partial charge in [0, 0.05) is 32.5 Å². The van der Waals surface area contributed by atoms with Gasteiger partial charge in [-0.15, -0.1) is 0 Å². The summed E-state index contributed by atoms with van der Waals surface area (Å²) in [5, 5.41) is 3.62. The molecule has 202 valence electrons. The Hall–Kier alpha value is -3.18. The number of hydrogen-bond donors (Lipinski definition) is 0. The molecule has 0 heterocycles. The van der Waals surface area contributed by atoms with Crippen LogP contribution in [0.15, 0.2) is 145 Å². The first kappa shape index (κ1) is 27.0. The summed E-state index contributed by atoms with van der Waals surface area (Å²) in [4.78, 5) is 0. The lowest BCUT2D eigenvalue weighted by atomic mass is 9.86. The average Bonchev–Trinajstić information content (AvgIpc) is 3.05. The van der Waals surface area contributed by atoms with E-state index in [0.717, 1.165) is 59.7 Å². The van der Waals surface area contributed by atoms with E-state index in [0.29, 0.717) is 0 Å². The first-order valence-electron chi connectivity index (χ1n) is 14.5. The van der Waals surface area contributed by atoms with Crippen LogP contribution in [0.3, 0.4) is 0 Å². The van der Waals surface area contributed by atoms with Crippen LogP contribution in [-0.4, -0.2) is 11.3 Å². The molecule has 0 bridgehead atoms. The van der Waals surface area contributed by atoms with Gasteiger partial charge < -0.3 is 9.13 Å². The van der Waals surface area contributed by atoms with Crippen LogP contribution in [0, 0.1) is 0 Å². The van der Waals surface area contributed by atoms with Gasteiger partial charge >= 0.3 is 0 Å². The summed E-state index contributed by atoms with van der Waals surface area (Å²) in [7, 11) is -6.09. The van der Waals surface area contributed by atoms with Crippen LogP contribution in [0.5, 0.6) is 0 Å². The van der Waals surface area contributed by atoms with E-state index in [1.165, 1.54) is 11.1 Å². The van der Waals surface area contributed by atoms with Crippen molar-refractivity contribution >= 4 is 35.5 Å². The molecule has 2 aliphatic carbocycles. The molecule has 4 aromatic carbocycles. The van der Waals surface area contributed by atoms with Crippen molar-refractivity contribution in [3.05, 3.63) is 145 Å². The molecule has 0 N–H and O–H groups in total. The minimum atomic E-state index is -3.04. The topological polar surface area (TPSA) is 34.1 Å². The Kier molecular flexibility index (Phi) is 7.93. The lowest BCUT2D eigenvalue weighted by Crippen LogP contribution is -2.34. The SMILES string of the molecule is O=P(c1ccccc1)(c1ccccc1)[C@H]1CCCC=C1C1=CCCC[C@@H]1P(=O)(c1ccccc1)c1ccccc1. The highest BCUT2D eigenvalue weighted by Gasteiger charge is 2.46. The van der Waals surface area contributed by atoms with Crippen molar-refractivity contribution in [1.82, 2.24) is 0 Å². The van der Waals surface area contributed by atoms with Crippen molar-refractivity contribution in [1.29, 1.82) is 0 Å². The van der Waals surface area contributed by atoms with Crippen LogP contribution in [0.2, 0.25) is 0 Å². The van der Waals surface area contributed by atoms with E-state index in [1.807, 2.05) is 121 Å². The summed E-state index contributed by atoms with van der Waals surface area (Å²) in [5.41, 5.74) is 2.05. The Balaban J connectivity index is 1.52. The predicted octanol–water partition coefficient (Wildman–Crippen LogP) is 7.97. The van der Waals surface area contributed by atoms with Gasteiger partial charge in [0.2, 0.25) is 0 Å². The standard InChI is InChI=1S/C36H36O2P2/c37-39(29-17-5-1-6-18-29,30-19-7-2-8-20-30)35-27-15-13-25-33(35)34-26-14-16-28-36(34)40(38,31-21-9-3-10-22-31)32-23-11-4-12-24-32/h1-12,17-26,35-36H,13-16,27-28H2/t35-,36-/m0/s1. The Bertz CT molecular complexity index is 1380. The van der Waals surface area contributed by atoms with Crippen LogP contribution < -0.4 is 21.2 Å². The highest BCUT2D eigenvalue weighted by molar-refractivity contribution is 7.80. The zero-order chi connectivity index (χ0) is 27.4. The van der Waals surface area contributed by atoms with Gasteiger partial charge in [-0.2, -0.15) is 0 Å². The van der Waals surface area contributed by atoms with Crippen LogP contribution >= 0.6 is 14.3 Å². The molecule has 4 aromatic rings. The van der Waals surface area contributed by atoms with Crippen LogP contribution in [0.25, 0.3) is 0 Å². The van der Waals surface area contributed by atoms with Crippen molar-refractivity contribution in [2.75, 3.05) is 0 Å². The number of benzene rings is 4. The Labute approximate surface area is 238 Å². The summed E-state index contributed by atoms with van der Waals surface area (Å²) < 4.78 is 31.2. The highest BCUT2D eigenvalue weighted by atomic mass is 31.2. The van der Waals surface area contributed by atoms with Gasteiger partial charge in [-0.1, -0.05) is 133 Å². The van der Waals surface area contributed by atoms with Crippen molar-refractivity contribution in [3.8, 4) is 0 Å². The van der Waals surface area contributed by atoms with Gasteiger partial charge in [0.1, 0.15) is 14.3 Å². The van der Waals surface area contributed by atoms with Crippen molar-refractivity contribution < 1.29 is 9.13 Å². The van der Waals surface area contributed by atoms with E-state index in [-0.39, 0.29) is 11.3 Å². The van der Waals surface area contributed by atoms with Gasteiger partial charge in [-0.05, 0) is 49.7 Å². The molecule has 2 atom stereocenters. The monoisotopic (exact) mass is 562 g/mol. The van der Waals surface area contributed by atoms with E-state index < -0.39 is 14.3 Å². The molecule has 2 nitrogen and oxygen atoms in total. The number of hydrogen-bond acceptors (Lipinski definition) is 2. The Morgan fingerprint density at radius 1 is 0.425 bits per heavy atom. The molecule has 0 radical (unpaired) electrons. The molecule has 0 spiro atoms. The first-order valence-corrected chi connectivity index (χ1v) is 18.0. The molecule has 40 heavy (non-hydrogen) atoms. The lowest BCUT2D eigenvalue weighted by Gasteiger charge is -2.39. The van der Waals surface area contributed by atoms with Gasteiger partial charge in [-0.25, -0.2) is 0 Å². The highest BCUT2D eigenvalue weighted by Crippen LogP contribution is 2.61. The third kappa shape index (κ3) is 4.83. The second-order valence-corrected chi connectivity index (χ2v) is 16.8. The second-order valence-electron chi connectivity index (χ2n) is 10.9. The number of rotatable bonds is 7. The minimum absolute atomic E-state index is 0.141. The molecule has 6 rings (SSSR count). The Morgan fingerprint density at radius 3 is 0.975 bits per heavy atom. The minimum Gasteiger partial charge on any atom is -0.313 e. The molecule has 0 unspecified atom stereocenters. The average molecular weight is 563 g/mol. The smallest absolute Gasteiger partial charge is 0.150 e. The van der Waals surface area contributed by atoms with E-state index in [2.05, 4.69) is 12.2 Å². The zero-order valence-electron chi connectivity index (χ0n) is 22.8. The molecule has 0 aliphatic heterocycles. The summed E-state index contributed by atoms with van der Waals surface area (Å²) in [6.45, 7) is 0. The van der Waals surface area contributed by atoms with Crippen molar-refractivity contribution in [2.24, 2.45) is 0 Å². The van der Waals surface area contributed by atoms with E-state index in [4.69, 9.17) is 0 Å². The summed E-state index contributed by atoms with van der Waals surface area (Å²) in [6, 6.07) is 40.2. The molecule has 0 saturated carbocycles. The molecular formula is C36H36O2P2. The van der Waals surface area contributed by atoms with Gasteiger partial charge in [0.25, 0.3) is 0 Å². The molecule has 4 heteroatoms. The first-order chi connectivity index (χ1) is 19.6. The van der Waals surface area contributed by atoms with Gasteiger partial charge in [-0.3, -0.25) is 0 Å². The van der Waals surface area contributed by atoms with Crippen LogP contribution in [0.4, 0.5) is 0 Å². The quantitative estimate of drug-likeness (QED) is 0.214. The van der Waals surface area contributed by atoms with E-state index in [1.54, 1.807) is 0 Å². The van der Waals surface area contributed by atoms with E-state index >= 15 is 9.13 Å². The molecular weight excluding hydrogens is 526 g/mol. The van der Waals surface area contributed by atoms with Crippen LogP contribution in [-0.2, 0) is 9.13 Å². The maximum absolute atomic E-state index is 15.6. The van der Waals surface area contributed by atoms with Crippen molar-refractivity contribution in [3.63, 3.8) is 0 Å². The lowest BCUT2D eigenvalue weighted by molar-refractivity contribution is 0.563. The molecule has 0 amide bonds. The van der Waals surface area contributed by atoms with Crippen molar-refractivity contribution in [2.45, 2.75) is 49.8 Å². The van der Waals surface area contributed by atoms with Crippen LogP contribution in [0.1, 0.15) is 38.5 Å². The fourth-order valence-electron chi connectivity index (χ4n) is 6.71.